The molecule has 0 radical (unpaired) electrons. The third-order valence-corrected chi connectivity index (χ3v) is 3.12. The van der Waals surface area contributed by atoms with Gasteiger partial charge in [-0.1, -0.05) is 26.8 Å². The van der Waals surface area contributed by atoms with Crippen LogP contribution in [0.4, 0.5) is 0 Å². The molecule has 1 rings (SSSR count). The van der Waals surface area contributed by atoms with Crippen LogP contribution in [0.25, 0.3) is 0 Å². The van der Waals surface area contributed by atoms with E-state index in [4.69, 9.17) is 0 Å². The van der Waals surface area contributed by atoms with Crippen molar-refractivity contribution < 1.29 is 4.79 Å². The second-order valence-corrected chi connectivity index (χ2v) is 6.34. The summed E-state index contributed by atoms with van der Waals surface area (Å²) in [6.07, 6.45) is 3.48. The molecule has 1 amide bonds. The van der Waals surface area contributed by atoms with E-state index in [1.807, 2.05) is 12.1 Å². The molecule has 1 N–H and O–H groups in total. The maximum atomic E-state index is 11.5. The molecule has 1 aromatic heterocycles. The molecule has 0 fully saturated rings. The van der Waals surface area contributed by atoms with Crippen LogP contribution in [0.3, 0.4) is 0 Å². The summed E-state index contributed by atoms with van der Waals surface area (Å²) < 4.78 is 0.131. The van der Waals surface area contributed by atoms with Crippen LogP contribution in [0, 0.1) is 0 Å². The number of amides is 1. The lowest BCUT2D eigenvalue weighted by Crippen LogP contribution is -2.26. The third kappa shape index (κ3) is 5.75. The average molecular weight is 238 g/mol. The highest BCUT2D eigenvalue weighted by molar-refractivity contribution is 8.01. The van der Waals surface area contributed by atoms with E-state index in [1.165, 1.54) is 0 Å². The molecule has 1 aromatic rings. The van der Waals surface area contributed by atoms with Gasteiger partial charge in [0.15, 0.2) is 0 Å². The molecule has 0 saturated carbocycles. The second-order valence-electron chi connectivity index (χ2n) is 4.54. The van der Waals surface area contributed by atoms with Gasteiger partial charge in [-0.15, -0.1) is 11.8 Å². The van der Waals surface area contributed by atoms with Gasteiger partial charge in [-0.25, -0.2) is 0 Å². The van der Waals surface area contributed by atoms with Crippen LogP contribution in [0.15, 0.2) is 24.5 Å². The molecule has 0 saturated heterocycles. The van der Waals surface area contributed by atoms with Crippen molar-refractivity contribution in [3.05, 3.63) is 30.1 Å². The number of hydrogen-bond donors (Lipinski definition) is 1. The Labute approximate surface area is 101 Å². The first kappa shape index (κ1) is 13.0. The van der Waals surface area contributed by atoms with Crippen molar-refractivity contribution in [3.8, 4) is 0 Å². The van der Waals surface area contributed by atoms with Crippen LogP contribution in [0.5, 0.6) is 0 Å². The fourth-order valence-corrected chi connectivity index (χ4v) is 1.70. The summed E-state index contributed by atoms with van der Waals surface area (Å²) >= 11 is 1.65. The first-order chi connectivity index (χ1) is 7.47. The summed E-state index contributed by atoms with van der Waals surface area (Å²) in [6, 6.07) is 3.82. The fourth-order valence-electron chi connectivity index (χ4n) is 1.04. The van der Waals surface area contributed by atoms with Crippen molar-refractivity contribution in [3.63, 3.8) is 0 Å². The van der Waals surface area contributed by atoms with Crippen molar-refractivity contribution in [2.75, 3.05) is 5.75 Å². The van der Waals surface area contributed by atoms with Gasteiger partial charge >= 0.3 is 0 Å². The van der Waals surface area contributed by atoms with Gasteiger partial charge in [0, 0.05) is 23.7 Å². The Morgan fingerprint density at radius 2 is 2.25 bits per heavy atom. The molecule has 0 spiro atoms. The highest BCUT2D eigenvalue weighted by Gasteiger charge is 2.12. The van der Waals surface area contributed by atoms with Crippen LogP contribution in [-0.4, -0.2) is 21.4 Å². The molecular weight excluding hydrogens is 220 g/mol. The Morgan fingerprint density at radius 3 is 2.81 bits per heavy atom. The van der Waals surface area contributed by atoms with Crippen molar-refractivity contribution in [1.82, 2.24) is 10.3 Å². The van der Waals surface area contributed by atoms with E-state index in [-0.39, 0.29) is 10.7 Å². The zero-order valence-corrected chi connectivity index (χ0v) is 10.8. The van der Waals surface area contributed by atoms with Crippen molar-refractivity contribution in [2.45, 2.75) is 32.1 Å². The van der Waals surface area contributed by atoms with E-state index < -0.39 is 0 Å². The molecule has 0 bridgehead atoms. The number of pyridine rings is 1. The maximum Gasteiger partial charge on any atom is 0.230 e. The normalized spacial score (nSPS) is 11.2. The van der Waals surface area contributed by atoms with Gasteiger partial charge in [0.25, 0.3) is 0 Å². The molecule has 0 unspecified atom stereocenters. The molecule has 4 heteroatoms. The minimum absolute atomic E-state index is 0.0729. The van der Waals surface area contributed by atoms with Gasteiger partial charge in [-0.05, 0) is 11.6 Å². The van der Waals surface area contributed by atoms with Gasteiger partial charge in [-0.3, -0.25) is 9.78 Å². The number of carbonyl (C=O) groups excluding carboxylic acids is 1. The number of aromatic nitrogens is 1. The minimum atomic E-state index is 0.0729. The number of hydrogen-bond acceptors (Lipinski definition) is 3. The van der Waals surface area contributed by atoms with Gasteiger partial charge < -0.3 is 5.32 Å². The van der Waals surface area contributed by atoms with Crippen molar-refractivity contribution in [2.24, 2.45) is 0 Å². The van der Waals surface area contributed by atoms with E-state index >= 15 is 0 Å². The maximum absolute atomic E-state index is 11.5. The molecule has 1 heterocycles. The molecule has 88 valence electrons. The van der Waals surface area contributed by atoms with Crippen LogP contribution in [0.1, 0.15) is 26.3 Å². The molecule has 0 aliphatic carbocycles. The third-order valence-electron chi connectivity index (χ3n) is 1.85. The topological polar surface area (TPSA) is 42.0 Å². The molecule has 0 atom stereocenters. The quantitative estimate of drug-likeness (QED) is 0.874. The Bertz CT molecular complexity index is 333. The lowest BCUT2D eigenvalue weighted by atomic mass is 10.3. The first-order valence-electron chi connectivity index (χ1n) is 5.27. The molecule has 16 heavy (non-hydrogen) atoms. The van der Waals surface area contributed by atoms with E-state index in [0.29, 0.717) is 12.3 Å². The Morgan fingerprint density at radius 1 is 1.50 bits per heavy atom. The van der Waals surface area contributed by atoms with Crippen molar-refractivity contribution in [1.29, 1.82) is 0 Å². The van der Waals surface area contributed by atoms with Crippen LogP contribution < -0.4 is 5.32 Å². The lowest BCUT2D eigenvalue weighted by Gasteiger charge is -2.16. The molecular formula is C12H18N2OS. The highest BCUT2D eigenvalue weighted by atomic mass is 32.2. The van der Waals surface area contributed by atoms with E-state index in [1.54, 1.807) is 24.2 Å². The standard InChI is InChI=1S/C12H18N2OS/c1-12(2,3)16-9-11(15)14-8-10-5-4-6-13-7-10/h4-7H,8-9H2,1-3H3,(H,14,15). The van der Waals surface area contributed by atoms with Crippen molar-refractivity contribution >= 4 is 17.7 Å². The van der Waals surface area contributed by atoms with Gasteiger partial charge in [0.1, 0.15) is 0 Å². The SMILES string of the molecule is CC(C)(C)SCC(=O)NCc1cccnc1. The van der Waals surface area contributed by atoms with E-state index in [9.17, 15) is 4.79 Å². The summed E-state index contributed by atoms with van der Waals surface area (Å²) in [5.74, 6) is 0.577. The summed E-state index contributed by atoms with van der Waals surface area (Å²) in [4.78, 5) is 15.5. The molecule has 0 aliphatic heterocycles. The minimum Gasteiger partial charge on any atom is -0.351 e. The van der Waals surface area contributed by atoms with Crippen LogP contribution in [-0.2, 0) is 11.3 Å². The molecule has 0 aromatic carbocycles. The Kier molecular flexibility index (Phi) is 4.80. The highest BCUT2D eigenvalue weighted by Crippen LogP contribution is 2.22. The Hall–Kier alpha value is -1.03. The van der Waals surface area contributed by atoms with Crippen LogP contribution in [0.2, 0.25) is 0 Å². The van der Waals surface area contributed by atoms with Gasteiger partial charge in [-0.2, -0.15) is 0 Å². The van der Waals surface area contributed by atoms with Crippen LogP contribution >= 0.6 is 11.8 Å². The predicted octanol–water partition coefficient (Wildman–Crippen LogP) is 2.23. The second kappa shape index (κ2) is 5.89. The summed E-state index contributed by atoms with van der Waals surface area (Å²) in [6.45, 7) is 6.86. The summed E-state index contributed by atoms with van der Waals surface area (Å²) in [5.41, 5.74) is 1.02. The van der Waals surface area contributed by atoms with Gasteiger partial charge in [0.2, 0.25) is 5.91 Å². The number of nitrogens with one attached hydrogen (secondary N) is 1. The zero-order valence-electron chi connectivity index (χ0n) is 9.99. The number of carbonyl (C=O) groups is 1. The van der Waals surface area contributed by atoms with Gasteiger partial charge in [0.05, 0.1) is 5.75 Å². The smallest absolute Gasteiger partial charge is 0.230 e. The number of nitrogens with zero attached hydrogens (tertiary/aromatic N) is 1. The summed E-state index contributed by atoms with van der Waals surface area (Å²) in [5, 5.41) is 2.87. The first-order valence-corrected chi connectivity index (χ1v) is 6.25. The largest absolute Gasteiger partial charge is 0.351 e. The fraction of sp³-hybridized carbons (Fsp3) is 0.500. The number of thioether (sulfide) groups is 1. The zero-order chi connectivity index (χ0) is 12.0. The predicted molar refractivity (Wildman–Crippen MR) is 68.3 cm³/mol. The van der Waals surface area contributed by atoms with E-state index in [2.05, 4.69) is 31.1 Å². The molecule has 0 aliphatic rings. The lowest BCUT2D eigenvalue weighted by molar-refractivity contribution is -0.118. The van der Waals surface area contributed by atoms with E-state index in [0.717, 1.165) is 5.56 Å². The monoisotopic (exact) mass is 238 g/mol. The molecule has 3 nitrogen and oxygen atoms in total. The summed E-state index contributed by atoms with van der Waals surface area (Å²) in [7, 11) is 0. The Balaban J connectivity index is 2.26. The average Bonchev–Trinajstić information content (AvgIpc) is 2.24. The number of rotatable bonds is 4.